The Morgan fingerprint density at radius 1 is 1.16 bits per heavy atom. The van der Waals surface area contributed by atoms with Crippen molar-refractivity contribution in [3.8, 4) is 0 Å². The van der Waals surface area contributed by atoms with Gasteiger partial charge in [0, 0.05) is 12.0 Å². The zero-order valence-electron chi connectivity index (χ0n) is 16.0. The maximum atomic E-state index is 12.0. The molecule has 2 unspecified atom stereocenters. The molecular weight excluding hydrogens is 314 g/mol. The standard InChI is InChI=1S/C21H37NO3/c1-3-5-7-9-13-17-25-21(24)22-19-15-12-11-14-18(19)20(23)16-10-8-6-4-2/h3,16,18-19,23H,1,4-15,17H2,2H3,(H,22,24). The van der Waals surface area contributed by atoms with Gasteiger partial charge in [0.1, 0.15) is 0 Å². The maximum absolute atomic E-state index is 12.0. The van der Waals surface area contributed by atoms with Gasteiger partial charge in [0.05, 0.1) is 12.4 Å². The van der Waals surface area contributed by atoms with E-state index >= 15 is 0 Å². The molecule has 2 atom stereocenters. The van der Waals surface area contributed by atoms with Crippen molar-refractivity contribution in [2.45, 2.75) is 90.0 Å². The summed E-state index contributed by atoms with van der Waals surface area (Å²) in [5, 5.41) is 13.4. The lowest BCUT2D eigenvalue weighted by atomic mass is 9.83. The van der Waals surface area contributed by atoms with Crippen LogP contribution in [-0.2, 0) is 4.74 Å². The normalized spacial score (nSPS) is 20.9. The molecule has 0 saturated heterocycles. The molecule has 1 amide bonds. The second kappa shape index (κ2) is 13.8. The smallest absolute Gasteiger partial charge is 0.407 e. The number of hydrogen-bond donors (Lipinski definition) is 2. The number of aliphatic hydroxyl groups is 1. The highest BCUT2D eigenvalue weighted by Crippen LogP contribution is 2.29. The highest BCUT2D eigenvalue weighted by molar-refractivity contribution is 5.67. The molecule has 1 aliphatic rings. The average Bonchev–Trinajstić information content (AvgIpc) is 2.62. The van der Waals surface area contributed by atoms with Crippen molar-refractivity contribution in [3.05, 3.63) is 24.5 Å². The summed E-state index contributed by atoms with van der Waals surface area (Å²) in [5.74, 6) is 0.487. The third kappa shape index (κ3) is 9.57. The molecule has 0 radical (unpaired) electrons. The molecule has 1 saturated carbocycles. The van der Waals surface area contributed by atoms with Crippen LogP contribution < -0.4 is 5.32 Å². The first-order valence-electron chi connectivity index (χ1n) is 10.1. The number of nitrogens with one attached hydrogen (secondary N) is 1. The Bertz CT molecular complexity index is 406. The van der Waals surface area contributed by atoms with Crippen LogP contribution in [0.25, 0.3) is 0 Å². The molecule has 4 nitrogen and oxygen atoms in total. The molecule has 0 aromatic heterocycles. The zero-order chi connectivity index (χ0) is 18.3. The molecule has 0 aromatic rings. The largest absolute Gasteiger partial charge is 0.512 e. The minimum Gasteiger partial charge on any atom is -0.512 e. The van der Waals surface area contributed by atoms with Crippen molar-refractivity contribution in [2.24, 2.45) is 5.92 Å². The van der Waals surface area contributed by atoms with Gasteiger partial charge in [-0.2, -0.15) is 0 Å². The monoisotopic (exact) mass is 351 g/mol. The fourth-order valence-electron chi connectivity index (χ4n) is 3.38. The van der Waals surface area contributed by atoms with Crippen LogP contribution in [0.1, 0.15) is 84.0 Å². The summed E-state index contributed by atoms with van der Waals surface area (Å²) in [6.45, 7) is 6.33. The van der Waals surface area contributed by atoms with Crippen molar-refractivity contribution in [1.82, 2.24) is 5.32 Å². The molecule has 1 fully saturated rings. The van der Waals surface area contributed by atoms with Gasteiger partial charge in [-0.25, -0.2) is 4.79 Å². The second-order valence-corrected chi connectivity index (χ2v) is 7.04. The summed E-state index contributed by atoms with van der Waals surface area (Å²) in [5.41, 5.74) is 0. The molecule has 0 aliphatic heterocycles. The van der Waals surface area contributed by atoms with Gasteiger partial charge in [-0.05, 0) is 57.4 Å². The molecule has 0 spiro atoms. The number of hydrogen-bond acceptors (Lipinski definition) is 3. The van der Waals surface area contributed by atoms with E-state index in [4.69, 9.17) is 4.74 Å². The topological polar surface area (TPSA) is 58.6 Å². The van der Waals surface area contributed by atoms with Crippen molar-refractivity contribution >= 4 is 6.09 Å². The van der Waals surface area contributed by atoms with Gasteiger partial charge in [0.15, 0.2) is 0 Å². The molecular formula is C21H37NO3. The Labute approximate surface area is 153 Å². The van der Waals surface area contributed by atoms with Gasteiger partial charge in [-0.15, -0.1) is 6.58 Å². The van der Waals surface area contributed by atoms with Gasteiger partial charge in [0.25, 0.3) is 0 Å². The Morgan fingerprint density at radius 2 is 1.92 bits per heavy atom. The van der Waals surface area contributed by atoms with Crippen LogP contribution >= 0.6 is 0 Å². The van der Waals surface area contributed by atoms with E-state index in [0.29, 0.717) is 12.4 Å². The van der Waals surface area contributed by atoms with Gasteiger partial charge in [-0.3, -0.25) is 0 Å². The number of allylic oxidation sites excluding steroid dienone is 2. The van der Waals surface area contributed by atoms with Crippen LogP contribution in [0.2, 0.25) is 0 Å². The molecule has 0 heterocycles. The van der Waals surface area contributed by atoms with E-state index in [-0.39, 0.29) is 18.1 Å². The third-order valence-electron chi connectivity index (χ3n) is 4.90. The van der Waals surface area contributed by atoms with E-state index in [1.807, 2.05) is 12.2 Å². The third-order valence-corrected chi connectivity index (χ3v) is 4.90. The van der Waals surface area contributed by atoms with E-state index in [1.165, 1.54) is 12.8 Å². The summed E-state index contributed by atoms with van der Waals surface area (Å²) >= 11 is 0. The van der Waals surface area contributed by atoms with Gasteiger partial charge >= 0.3 is 6.09 Å². The summed E-state index contributed by atoms with van der Waals surface area (Å²) in [6, 6.07) is -0.00978. The Balaban J connectivity index is 2.34. The molecule has 1 aliphatic carbocycles. The molecule has 0 bridgehead atoms. The summed E-state index contributed by atoms with van der Waals surface area (Å²) < 4.78 is 5.29. The van der Waals surface area contributed by atoms with Crippen molar-refractivity contribution in [1.29, 1.82) is 0 Å². The van der Waals surface area contributed by atoms with Crippen LogP contribution in [0.15, 0.2) is 24.5 Å². The molecule has 1 rings (SSSR count). The van der Waals surface area contributed by atoms with E-state index in [1.54, 1.807) is 0 Å². The number of carbonyl (C=O) groups excluding carboxylic acids is 1. The van der Waals surface area contributed by atoms with Gasteiger partial charge < -0.3 is 15.2 Å². The van der Waals surface area contributed by atoms with Crippen LogP contribution in [-0.4, -0.2) is 23.8 Å². The molecule has 4 heteroatoms. The minimum absolute atomic E-state index is 0.00978. The Kier molecular flexibility index (Phi) is 11.9. The van der Waals surface area contributed by atoms with E-state index in [0.717, 1.165) is 64.2 Å². The van der Waals surface area contributed by atoms with Crippen LogP contribution in [0.4, 0.5) is 4.79 Å². The summed E-state index contributed by atoms with van der Waals surface area (Å²) in [4.78, 5) is 12.0. The quantitative estimate of drug-likeness (QED) is 0.256. The molecule has 144 valence electrons. The SMILES string of the molecule is C=CCCCCCOC(=O)NC1CCCCC1C(O)=CCCCCC. The van der Waals surface area contributed by atoms with Crippen molar-refractivity contribution in [2.75, 3.05) is 6.61 Å². The maximum Gasteiger partial charge on any atom is 0.407 e. The lowest BCUT2D eigenvalue weighted by molar-refractivity contribution is 0.129. The number of carbonyl (C=O) groups is 1. The van der Waals surface area contributed by atoms with E-state index in [2.05, 4.69) is 18.8 Å². The van der Waals surface area contributed by atoms with Crippen molar-refractivity contribution < 1.29 is 14.6 Å². The summed E-state index contributed by atoms with van der Waals surface area (Å²) in [7, 11) is 0. The average molecular weight is 352 g/mol. The second-order valence-electron chi connectivity index (χ2n) is 7.04. The Morgan fingerprint density at radius 3 is 2.68 bits per heavy atom. The lowest BCUT2D eigenvalue weighted by Crippen LogP contribution is -2.43. The Hall–Kier alpha value is -1.45. The highest BCUT2D eigenvalue weighted by Gasteiger charge is 2.29. The number of unbranched alkanes of at least 4 members (excludes halogenated alkanes) is 6. The number of alkyl carbamates (subject to hydrolysis) is 1. The molecule has 0 aromatic carbocycles. The fourth-order valence-corrected chi connectivity index (χ4v) is 3.38. The number of rotatable bonds is 12. The first kappa shape index (κ1) is 21.6. The number of ether oxygens (including phenoxy) is 1. The van der Waals surface area contributed by atoms with Crippen molar-refractivity contribution in [3.63, 3.8) is 0 Å². The number of aliphatic hydroxyl groups excluding tert-OH is 1. The molecule has 25 heavy (non-hydrogen) atoms. The van der Waals surface area contributed by atoms with Crippen LogP contribution in [0, 0.1) is 5.92 Å². The van der Waals surface area contributed by atoms with E-state index in [9.17, 15) is 9.90 Å². The van der Waals surface area contributed by atoms with Gasteiger partial charge in [-0.1, -0.05) is 38.7 Å². The number of amides is 1. The van der Waals surface area contributed by atoms with Crippen LogP contribution in [0.3, 0.4) is 0 Å². The zero-order valence-corrected chi connectivity index (χ0v) is 16.0. The first-order valence-corrected chi connectivity index (χ1v) is 10.1. The first-order chi connectivity index (χ1) is 12.2. The minimum atomic E-state index is -0.348. The highest BCUT2D eigenvalue weighted by atomic mass is 16.5. The lowest BCUT2D eigenvalue weighted by Gasteiger charge is -2.31. The predicted molar refractivity (Wildman–Crippen MR) is 104 cm³/mol. The van der Waals surface area contributed by atoms with E-state index < -0.39 is 0 Å². The van der Waals surface area contributed by atoms with Gasteiger partial charge in [0.2, 0.25) is 0 Å². The predicted octanol–water partition coefficient (Wildman–Crippen LogP) is 6.04. The molecule has 2 N–H and O–H groups in total. The fraction of sp³-hybridized carbons (Fsp3) is 0.762. The van der Waals surface area contributed by atoms with Crippen LogP contribution in [0.5, 0.6) is 0 Å². The summed E-state index contributed by atoms with van der Waals surface area (Å²) in [6.07, 6.45) is 16.0.